The van der Waals surface area contributed by atoms with Crippen molar-refractivity contribution in [1.82, 2.24) is 20.4 Å². The van der Waals surface area contributed by atoms with Crippen LogP contribution in [0.4, 0.5) is 0 Å². The lowest BCUT2D eigenvalue weighted by molar-refractivity contribution is -0.123. The lowest BCUT2D eigenvalue weighted by atomic mass is 10.0. The van der Waals surface area contributed by atoms with Gasteiger partial charge >= 0.3 is 0 Å². The molecule has 7 nitrogen and oxygen atoms in total. The van der Waals surface area contributed by atoms with Crippen LogP contribution in [0, 0.1) is 0 Å². The monoisotopic (exact) mass is 290 g/mol. The zero-order chi connectivity index (χ0) is 14.8. The van der Waals surface area contributed by atoms with Gasteiger partial charge in [0.25, 0.3) is 0 Å². The molecule has 112 valence electrons. The van der Waals surface area contributed by atoms with Gasteiger partial charge in [0.2, 0.25) is 17.6 Å². The molecule has 0 aliphatic carbocycles. The minimum atomic E-state index is 0.0465. The van der Waals surface area contributed by atoms with Gasteiger partial charge in [-0.2, -0.15) is 4.98 Å². The molecule has 2 aromatic rings. The zero-order valence-corrected chi connectivity index (χ0v) is 12.1. The number of hydrogen-bond donors (Lipinski definition) is 1. The van der Waals surface area contributed by atoms with Crippen LogP contribution in [0.2, 0.25) is 0 Å². The third-order valence-electron chi connectivity index (χ3n) is 3.31. The summed E-state index contributed by atoms with van der Waals surface area (Å²) >= 11 is 0. The van der Waals surface area contributed by atoms with E-state index in [0.717, 1.165) is 13.1 Å². The Hall–Kier alpha value is -2.15. The molecule has 1 saturated heterocycles. The zero-order valence-electron chi connectivity index (χ0n) is 12.1. The lowest BCUT2D eigenvalue weighted by Gasteiger charge is -2.36. The topological polar surface area (TPSA) is 84.4 Å². The summed E-state index contributed by atoms with van der Waals surface area (Å²) in [4.78, 5) is 18.0. The van der Waals surface area contributed by atoms with E-state index in [4.69, 9.17) is 8.94 Å². The van der Waals surface area contributed by atoms with Gasteiger partial charge in [-0.25, -0.2) is 0 Å². The van der Waals surface area contributed by atoms with E-state index < -0.39 is 0 Å². The average Bonchev–Trinajstić information content (AvgIpc) is 3.02. The molecule has 0 saturated carbocycles. The molecule has 7 heteroatoms. The molecule has 0 bridgehead atoms. The van der Waals surface area contributed by atoms with Gasteiger partial charge in [-0.3, -0.25) is 9.69 Å². The maximum absolute atomic E-state index is 11.6. The van der Waals surface area contributed by atoms with Crippen LogP contribution in [-0.4, -0.2) is 46.6 Å². The number of rotatable bonds is 5. The van der Waals surface area contributed by atoms with Crippen molar-refractivity contribution in [1.29, 1.82) is 0 Å². The summed E-state index contributed by atoms with van der Waals surface area (Å²) in [6, 6.07) is 3.74. The number of likely N-dealkylation sites (tertiary alicyclic amines) is 1. The van der Waals surface area contributed by atoms with Crippen molar-refractivity contribution in [3.8, 4) is 11.6 Å². The number of furan rings is 1. The number of aromatic nitrogens is 2. The molecule has 1 amide bonds. The van der Waals surface area contributed by atoms with Crippen LogP contribution in [0.15, 0.2) is 27.3 Å². The second-order valence-electron chi connectivity index (χ2n) is 5.55. The number of nitrogens with one attached hydrogen (secondary N) is 1. The molecule has 1 fully saturated rings. The quantitative estimate of drug-likeness (QED) is 0.892. The highest BCUT2D eigenvalue weighted by Crippen LogP contribution is 2.27. The predicted octanol–water partition coefficient (Wildman–Crippen LogP) is 1.25. The summed E-state index contributed by atoms with van der Waals surface area (Å²) in [5, 5.41) is 6.78. The van der Waals surface area contributed by atoms with E-state index in [9.17, 15) is 4.79 Å². The van der Waals surface area contributed by atoms with Crippen LogP contribution >= 0.6 is 0 Å². The second-order valence-corrected chi connectivity index (χ2v) is 5.55. The van der Waals surface area contributed by atoms with E-state index in [0.29, 0.717) is 24.0 Å². The number of carbonyl (C=O) groups is 1. The molecule has 0 spiro atoms. The van der Waals surface area contributed by atoms with Crippen LogP contribution < -0.4 is 5.32 Å². The Labute approximate surface area is 122 Å². The van der Waals surface area contributed by atoms with Crippen LogP contribution in [-0.2, 0) is 4.79 Å². The molecule has 3 heterocycles. The summed E-state index contributed by atoms with van der Waals surface area (Å²) < 4.78 is 10.5. The van der Waals surface area contributed by atoms with Gasteiger partial charge in [-0.15, -0.1) is 0 Å². The van der Waals surface area contributed by atoms with Gasteiger partial charge in [-0.05, 0) is 26.0 Å². The fourth-order valence-corrected chi connectivity index (χ4v) is 2.33. The van der Waals surface area contributed by atoms with Crippen molar-refractivity contribution in [2.75, 3.05) is 19.6 Å². The van der Waals surface area contributed by atoms with Gasteiger partial charge in [0.15, 0.2) is 5.76 Å². The molecule has 1 N–H and O–H groups in total. The van der Waals surface area contributed by atoms with Crippen molar-refractivity contribution >= 4 is 5.91 Å². The van der Waals surface area contributed by atoms with Gasteiger partial charge < -0.3 is 14.3 Å². The molecule has 2 aromatic heterocycles. The first-order valence-corrected chi connectivity index (χ1v) is 7.01. The van der Waals surface area contributed by atoms with Crippen molar-refractivity contribution in [2.24, 2.45) is 0 Å². The number of carbonyl (C=O) groups excluding carboxylic acids is 1. The fourth-order valence-electron chi connectivity index (χ4n) is 2.33. The second kappa shape index (κ2) is 5.69. The molecule has 0 atom stereocenters. The van der Waals surface area contributed by atoms with Crippen molar-refractivity contribution in [3.63, 3.8) is 0 Å². The minimum Gasteiger partial charge on any atom is -0.461 e. The first-order chi connectivity index (χ1) is 10.1. The smallest absolute Gasteiger partial charge is 0.238 e. The summed E-state index contributed by atoms with van der Waals surface area (Å²) in [7, 11) is 0. The maximum atomic E-state index is 11.6. The summed E-state index contributed by atoms with van der Waals surface area (Å²) in [6.07, 6.45) is 1.57. The standard InChI is InChI=1S/C14H18N4O3/c1-9(2)15-12(19)8-18-6-10(7-18)14-16-13(17-21-14)11-4-3-5-20-11/h3-5,9-10H,6-8H2,1-2H3,(H,15,19). The van der Waals surface area contributed by atoms with E-state index in [1.807, 2.05) is 13.8 Å². The summed E-state index contributed by atoms with van der Waals surface area (Å²) in [6.45, 7) is 5.82. The highest BCUT2D eigenvalue weighted by atomic mass is 16.5. The molecule has 0 radical (unpaired) electrons. The molecule has 3 rings (SSSR count). The minimum absolute atomic E-state index is 0.0465. The molecule has 1 aliphatic heterocycles. The van der Waals surface area contributed by atoms with E-state index in [1.165, 1.54) is 0 Å². The third-order valence-corrected chi connectivity index (χ3v) is 3.31. The lowest BCUT2D eigenvalue weighted by Crippen LogP contribution is -2.50. The Bertz CT molecular complexity index is 600. The maximum Gasteiger partial charge on any atom is 0.238 e. The Morgan fingerprint density at radius 2 is 2.33 bits per heavy atom. The largest absolute Gasteiger partial charge is 0.461 e. The van der Waals surface area contributed by atoms with Crippen LogP contribution in [0.5, 0.6) is 0 Å². The molecule has 21 heavy (non-hydrogen) atoms. The predicted molar refractivity (Wildman–Crippen MR) is 74.5 cm³/mol. The molecular formula is C14H18N4O3. The number of hydrogen-bond acceptors (Lipinski definition) is 6. The molecule has 0 unspecified atom stereocenters. The average molecular weight is 290 g/mol. The molecule has 0 aromatic carbocycles. The van der Waals surface area contributed by atoms with Crippen LogP contribution in [0.25, 0.3) is 11.6 Å². The van der Waals surface area contributed by atoms with E-state index in [-0.39, 0.29) is 17.9 Å². The van der Waals surface area contributed by atoms with E-state index in [2.05, 4.69) is 20.4 Å². The van der Waals surface area contributed by atoms with Crippen molar-refractivity contribution in [3.05, 3.63) is 24.3 Å². The summed E-state index contributed by atoms with van der Waals surface area (Å²) in [5.74, 6) is 1.89. The Balaban J connectivity index is 1.51. The number of amides is 1. The first-order valence-electron chi connectivity index (χ1n) is 7.01. The van der Waals surface area contributed by atoms with Gasteiger partial charge in [0.05, 0.1) is 18.7 Å². The van der Waals surface area contributed by atoms with Gasteiger partial charge in [0.1, 0.15) is 0 Å². The number of nitrogens with zero attached hydrogens (tertiary/aromatic N) is 3. The first kappa shape index (κ1) is 13.8. The van der Waals surface area contributed by atoms with Crippen LogP contribution in [0.1, 0.15) is 25.7 Å². The SMILES string of the molecule is CC(C)NC(=O)CN1CC(c2nc(-c3ccco3)no2)C1. The van der Waals surface area contributed by atoms with Gasteiger partial charge in [0, 0.05) is 19.1 Å². The molecule has 1 aliphatic rings. The normalized spacial score (nSPS) is 16.1. The fraction of sp³-hybridized carbons (Fsp3) is 0.500. The van der Waals surface area contributed by atoms with Crippen molar-refractivity contribution in [2.45, 2.75) is 25.8 Å². The Morgan fingerprint density at radius 1 is 1.52 bits per heavy atom. The third kappa shape index (κ3) is 3.13. The van der Waals surface area contributed by atoms with E-state index >= 15 is 0 Å². The highest BCUT2D eigenvalue weighted by Gasteiger charge is 2.33. The highest BCUT2D eigenvalue weighted by molar-refractivity contribution is 5.78. The van der Waals surface area contributed by atoms with E-state index in [1.54, 1.807) is 18.4 Å². The molecular weight excluding hydrogens is 272 g/mol. The van der Waals surface area contributed by atoms with Crippen molar-refractivity contribution < 1.29 is 13.7 Å². The van der Waals surface area contributed by atoms with Crippen LogP contribution in [0.3, 0.4) is 0 Å². The Kier molecular flexibility index (Phi) is 3.74. The summed E-state index contributed by atoms with van der Waals surface area (Å²) in [5.41, 5.74) is 0. The van der Waals surface area contributed by atoms with Gasteiger partial charge in [-0.1, -0.05) is 5.16 Å². The Morgan fingerprint density at radius 3 is 3.00 bits per heavy atom.